The average Bonchev–Trinajstić information content (AvgIpc) is 2.53. The number of anilines is 2. The third-order valence-electron chi connectivity index (χ3n) is 3.14. The van der Waals surface area contributed by atoms with Crippen LogP contribution in [0.1, 0.15) is 5.56 Å². The fourth-order valence-corrected chi connectivity index (χ4v) is 2.07. The summed E-state index contributed by atoms with van der Waals surface area (Å²) in [6.45, 7) is 0.311. The maximum absolute atomic E-state index is 13.6. The second-order valence-electron chi connectivity index (χ2n) is 5.04. The van der Waals surface area contributed by atoms with Crippen LogP contribution in [0.4, 0.5) is 20.7 Å². The predicted octanol–water partition coefficient (Wildman–Crippen LogP) is 2.62. The molecule has 6 nitrogen and oxygen atoms in total. The summed E-state index contributed by atoms with van der Waals surface area (Å²) >= 11 is 0. The van der Waals surface area contributed by atoms with Crippen LogP contribution in [0, 0.1) is 5.82 Å². The first kappa shape index (κ1) is 16.5. The molecule has 0 bridgehead atoms. The molecule has 2 N–H and O–H groups in total. The van der Waals surface area contributed by atoms with Crippen molar-refractivity contribution in [3.05, 3.63) is 47.9 Å². The zero-order chi connectivity index (χ0) is 16.8. The Kier molecular flexibility index (Phi) is 5.35. The molecule has 0 aliphatic rings. The van der Waals surface area contributed by atoms with E-state index in [0.29, 0.717) is 12.2 Å². The van der Waals surface area contributed by atoms with Crippen molar-refractivity contribution in [3.63, 3.8) is 0 Å². The van der Waals surface area contributed by atoms with Crippen LogP contribution < -0.4 is 20.3 Å². The second-order valence-corrected chi connectivity index (χ2v) is 5.04. The monoisotopic (exact) mass is 318 g/mol. The van der Waals surface area contributed by atoms with Crippen LogP contribution in [0.25, 0.3) is 0 Å². The summed E-state index contributed by atoms with van der Waals surface area (Å²) in [5.41, 5.74) is 1.23. The lowest BCUT2D eigenvalue weighted by Crippen LogP contribution is -2.29. The van der Waals surface area contributed by atoms with Crippen LogP contribution in [0.3, 0.4) is 0 Å². The molecule has 122 valence electrons. The minimum absolute atomic E-state index is 0.127. The molecular weight excluding hydrogens is 299 g/mol. The van der Waals surface area contributed by atoms with Gasteiger partial charge in [-0.05, 0) is 18.2 Å². The number of methoxy groups -OCH3 is 1. The smallest absolute Gasteiger partial charge is 0.319 e. The van der Waals surface area contributed by atoms with E-state index in [1.165, 1.54) is 19.2 Å². The highest BCUT2D eigenvalue weighted by Crippen LogP contribution is 2.20. The van der Waals surface area contributed by atoms with Gasteiger partial charge < -0.3 is 20.3 Å². The van der Waals surface area contributed by atoms with Crippen LogP contribution in [-0.4, -0.2) is 32.2 Å². The number of urea groups is 1. The summed E-state index contributed by atoms with van der Waals surface area (Å²) in [4.78, 5) is 18.1. The van der Waals surface area contributed by atoms with E-state index in [1.807, 2.05) is 25.1 Å². The lowest BCUT2D eigenvalue weighted by atomic mass is 10.2. The molecule has 0 saturated carbocycles. The number of ether oxygens (including phenoxy) is 1. The maximum Gasteiger partial charge on any atom is 0.319 e. The van der Waals surface area contributed by atoms with E-state index in [-0.39, 0.29) is 5.75 Å². The lowest BCUT2D eigenvalue weighted by Gasteiger charge is -2.16. The maximum atomic E-state index is 13.6. The van der Waals surface area contributed by atoms with Crippen LogP contribution in [0.15, 0.2) is 36.5 Å². The van der Waals surface area contributed by atoms with E-state index in [4.69, 9.17) is 4.74 Å². The molecule has 2 amide bonds. The average molecular weight is 318 g/mol. The highest BCUT2D eigenvalue weighted by atomic mass is 19.1. The van der Waals surface area contributed by atoms with Crippen LogP contribution in [-0.2, 0) is 6.54 Å². The van der Waals surface area contributed by atoms with E-state index < -0.39 is 11.8 Å². The Morgan fingerprint density at radius 2 is 2.13 bits per heavy atom. The van der Waals surface area contributed by atoms with E-state index in [1.54, 1.807) is 18.3 Å². The molecule has 0 radical (unpaired) electrons. The summed E-state index contributed by atoms with van der Waals surface area (Å²) in [6, 6.07) is 7.49. The number of nitrogens with one attached hydrogen (secondary N) is 2. The van der Waals surface area contributed by atoms with Crippen molar-refractivity contribution in [2.24, 2.45) is 0 Å². The van der Waals surface area contributed by atoms with Gasteiger partial charge in [0.15, 0.2) is 11.6 Å². The highest BCUT2D eigenvalue weighted by Gasteiger charge is 2.09. The number of carbonyl (C=O) groups is 1. The summed E-state index contributed by atoms with van der Waals surface area (Å²) in [6.07, 6.45) is 1.69. The van der Waals surface area contributed by atoms with Gasteiger partial charge >= 0.3 is 6.03 Å². The third-order valence-corrected chi connectivity index (χ3v) is 3.14. The summed E-state index contributed by atoms with van der Waals surface area (Å²) < 4.78 is 18.4. The number of hydrogen-bond acceptors (Lipinski definition) is 4. The quantitative estimate of drug-likeness (QED) is 0.889. The minimum Gasteiger partial charge on any atom is -0.494 e. The fourth-order valence-electron chi connectivity index (χ4n) is 2.07. The van der Waals surface area contributed by atoms with Gasteiger partial charge in [-0.25, -0.2) is 14.2 Å². The lowest BCUT2D eigenvalue weighted by molar-refractivity contribution is 0.251. The molecule has 0 atom stereocenters. The van der Waals surface area contributed by atoms with Crippen LogP contribution in [0.5, 0.6) is 5.75 Å². The number of benzene rings is 1. The number of carbonyl (C=O) groups excluding carboxylic acids is 1. The van der Waals surface area contributed by atoms with Crippen molar-refractivity contribution in [3.8, 4) is 5.75 Å². The molecule has 0 spiro atoms. The highest BCUT2D eigenvalue weighted by molar-refractivity contribution is 5.89. The van der Waals surface area contributed by atoms with E-state index in [2.05, 4.69) is 15.6 Å². The van der Waals surface area contributed by atoms with Gasteiger partial charge in [0.25, 0.3) is 0 Å². The Balaban J connectivity index is 1.97. The molecule has 0 unspecified atom stereocenters. The third kappa shape index (κ3) is 4.32. The van der Waals surface area contributed by atoms with Crippen LogP contribution in [0.2, 0.25) is 0 Å². The number of pyridine rings is 1. The normalized spacial score (nSPS) is 10.1. The van der Waals surface area contributed by atoms with Gasteiger partial charge in [-0.2, -0.15) is 0 Å². The summed E-state index contributed by atoms with van der Waals surface area (Å²) in [5.74, 6) is 0.373. The summed E-state index contributed by atoms with van der Waals surface area (Å²) in [7, 11) is 5.15. The van der Waals surface area contributed by atoms with Crippen molar-refractivity contribution in [1.29, 1.82) is 0 Å². The molecule has 2 aromatic rings. The van der Waals surface area contributed by atoms with Crippen molar-refractivity contribution >= 4 is 17.5 Å². The zero-order valence-corrected chi connectivity index (χ0v) is 13.3. The SMILES string of the molecule is COc1ccc(NC(=O)NCc2cccnc2N(C)C)cc1F. The molecular formula is C16H19FN4O2. The van der Waals surface area contributed by atoms with Crippen molar-refractivity contribution in [2.45, 2.75) is 6.54 Å². The van der Waals surface area contributed by atoms with Crippen molar-refractivity contribution < 1.29 is 13.9 Å². The Labute approximate surface area is 134 Å². The summed E-state index contributed by atoms with van der Waals surface area (Å²) in [5, 5.41) is 5.29. The number of halogens is 1. The van der Waals surface area contributed by atoms with E-state index >= 15 is 0 Å². The Morgan fingerprint density at radius 1 is 1.35 bits per heavy atom. The molecule has 1 aromatic carbocycles. The van der Waals surface area contributed by atoms with Gasteiger partial charge in [0.2, 0.25) is 0 Å². The molecule has 0 aliphatic carbocycles. The molecule has 1 aromatic heterocycles. The fraction of sp³-hybridized carbons (Fsp3) is 0.250. The molecule has 7 heteroatoms. The Hall–Kier alpha value is -2.83. The minimum atomic E-state index is -0.535. The van der Waals surface area contributed by atoms with Crippen molar-refractivity contribution in [1.82, 2.24) is 10.3 Å². The Bertz CT molecular complexity index is 692. The van der Waals surface area contributed by atoms with E-state index in [9.17, 15) is 9.18 Å². The molecule has 23 heavy (non-hydrogen) atoms. The number of rotatable bonds is 5. The Morgan fingerprint density at radius 3 is 2.78 bits per heavy atom. The first-order chi connectivity index (χ1) is 11.0. The van der Waals surface area contributed by atoms with Gasteiger partial charge in [-0.1, -0.05) is 6.07 Å². The van der Waals surface area contributed by atoms with Gasteiger partial charge in [-0.15, -0.1) is 0 Å². The largest absolute Gasteiger partial charge is 0.494 e. The second kappa shape index (κ2) is 7.44. The van der Waals surface area contributed by atoms with Gasteiger partial charge in [0.1, 0.15) is 5.82 Å². The molecule has 0 fully saturated rings. The number of amides is 2. The molecule has 1 heterocycles. The molecule has 0 saturated heterocycles. The number of hydrogen-bond donors (Lipinski definition) is 2. The first-order valence-corrected chi connectivity index (χ1v) is 7.01. The zero-order valence-electron chi connectivity index (χ0n) is 13.3. The standard InChI is InChI=1S/C16H19FN4O2/c1-21(2)15-11(5-4-8-18-15)10-19-16(22)20-12-6-7-14(23-3)13(17)9-12/h4-9H,10H2,1-3H3,(H2,19,20,22). The van der Waals surface area contributed by atoms with Gasteiger partial charge in [-0.3, -0.25) is 0 Å². The number of aromatic nitrogens is 1. The molecule has 0 aliphatic heterocycles. The van der Waals surface area contributed by atoms with Crippen molar-refractivity contribution in [2.75, 3.05) is 31.4 Å². The predicted molar refractivity (Wildman–Crippen MR) is 87.4 cm³/mol. The number of nitrogens with zero attached hydrogens (tertiary/aromatic N) is 2. The van der Waals surface area contributed by atoms with Gasteiger partial charge in [0, 0.05) is 44.2 Å². The van der Waals surface area contributed by atoms with Crippen LogP contribution >= 0.6 is 0 Å². The van der Waals surface area contributed by atoms with Gasteiger partial charge in [0.05, 0.1) is 7.11 Å². The molecule has 2 rings (SSSR count). The topological polar surface area (TPSA) is 66.5 Å². The van der Waals surface area contributed by atoms with E-state index in [0.717, 1.165) is 11.4 Å². The first-order valence-electron chi connectivity index (χ1n) is 7.01.